The van der Waals surface area contributed by atoms with Crippen molar-refractivity contribution in [2.75, 3.05) is 7.11 Å². The molecule has 0 heterocycles. The van der Waals surface area contributed by atoms with Gasteiger partial charge in [-0.25, -0.2) is 0 Å². The molecule has 0 saturated carbocycles. The molecule has 130 valence electrons. The average Bonchev–Trinajstić information content (AvgIpc) is 2.68. The third kappa shape index (κ3) is 3.98. The Morgan fingerprint density at radius 2 is 1.00 bits per heavy atom. The van der Waals surface area contributed by atoms with Crippen LogP contribution in [0.3, 0.4) is 0 Å². The standard InChI is InChI=1S/C22H18O4/c1-15(23)16-3-11-20(12-4-16)26-21-13-7-18(8-14-21)22(24)17-5-9-19(25-2)10-6-17/h3-14H,1-2H3. The van der Waals surface area contributed by atoms with Crippen LogP contribution in [-0.4, -0.2) is 18.7 Å². The zero-order valence-electron chi connectivity index (χ0n) is 14.6. The van der Waals surface area contributed by atoms with Crippen molar-refractivity contribution >= 4 is 11.6 Å². The highest BCUT2D eigenvalue weighted by Gasteiger charge is 2.09. The van der Waals surface area contributed by atoms with Gasteiger partial charge in [-0.1, -0.05) is 0 Å². The Hall–Kier alpha value is -3.40. The molecular formula is C22H18O4. The number of Topliss-reactive ketones (excluding diaryl/α,β-unsaturated/α-hetero) is 1. The zero-order chi connectivity index (χ0) is 18.5. The number of benzene rings is 3. The van der Waals surface area contributed by atoms with E-state index >= 15 is 0 Å². The molecule has 4 nitrogen and oxygen atoms in total. The van der Waals surface area contributed by atoms with Crippen LogP contribution < -0.4 is 9.47 Å². The summed E-state index contributed by atoms with van der Waals surface area (Å²) in [6.07, 6.45) is 0. The van der Waals surface area contributed by atoms with Gasteiger partial charge in [0, 0.05) is 16.7 Å². The maximum Gasteiger partial charge on any atom is 0.193 e. The predicted molar refractivity (Wildman–Crippen MR) is 99.4 cm³/mol. The van der Waals surface area contributed by atoms with Crippen LogP contribution in [0.5, 0.6) is 17.2 Å². The minimum absolute atomic E-state index is 0.0120. The first-order chi connectivity index (χ1) is 12.6. The lowest BCUT2D eigenvalue weighted by atomic mass is 10.0. The molecule has 0 aliphatic carbocycles. The van der Waals surface area contributed by atoms with E-state index < -0.39 is 0 Å². The number of ketones is 2. The molecule has 26 heavy (non-hydrogen) atoms. The minimum Gasteiger partial charge on any atom is -0.497 e. The van der Waals surface area contributed by atoms with Gasteiger partial charge in [-0.2, -0.15) is 0 Å². The van der Waals surface area contributed by atoms with E-state index in [1.165, 1.54) is 6.92 Å². The van der Waals surface area contributed by atoms with E-state index in [2.05, 4.69) is 0 Å². The summed E-state index contributed by atoms with van der Waals surface area (Å²) in [6.45, 7) is 1.52. The SMILES string of the molecule is COc1ccc(C(=O)c2ccc(Oc3ccc(C(C)=O)cc3)cc2)cc1. The Kier molecular flexibility index (Phi) is 5.13. The van der Waals surface area contributed by atoms with E-state index in [9.17, 15) is 9.59 Å². The van der Waals surface area contributed by atoms with Crippen LogP contribution >= 0.6 is 0 Å². The van der Waals surface area contributed by atoms with Crippen LogP contribution in [0.2, 0.25) is 0 Å². The largest absolute Gasteiger partial charge is 0.497 e. The van der Waals surface area contributed by atoms with Crippen molar-refractivity contribution in [2.24, 2.45) is 0 Å². The Balaban J connectivity index is 1.71. The maximum atomic E-state index is 12.5. The molecule has 0 saturated heterocycles. The molecule has 4 heteroatoms. The van der Waals surface area contributed by atoms with E-state index in [1.807, 2.05) is 0 Å². The molecule has 3 rings (SSSR count). The van der Waals surface area contributed by atoms with E-state index in [-0.39, 0.29) is 11.6 Å². The molecule has 0 aliphatic rings. The fraction of sp³-hybridized carbons (Fsp3) is 0.0909. The lowest BCUT2D eigenvalue weighted by Crippen LogP contribution is -2.01. The van der Waals surface area contributed by atoms with Crippen molar-refractivity contribution < 1.29 is 19.1 Å². The van der Waals surface area contributed by atoms with Gasteiger partial charge in [-0.3, -0.25) is 9.59 Å². The normalized spacial score (nSPS) is 10.2. The number of ether oxygens (including phenoxy) is 2. The molecule has 0 N–H and O–H groups in total. The van der Waals surface area contributed by atoms with Gasteiger partial charge in [-0.15, -0.1) is 0 Å². The smallest absolute Gasteiger partial charge is 0.193 e. The van der Waals surface area contributed by atoms with Gasteiger partial charge in [-0.05, 0) is 79.7 Å². The minimum atomic E-state index is -0.0648. The molecule has 0 aromatic heterocycles. The second kappa shape index (κ2) is 7.66. The maximum absolute atomic E-state index is 12.5. The van der Waals surface area contributed by atoms with E-state index in [0.29, 0.717) is 33.9 Å². The summed E-state index contributed by atoms with van der Waals surface area (Å²) in [5, 5.41) is 0. The highest BCUT2D eigenvalue weighted by molar-refractivity contribution is 6.09. The molecular weight excluding hydrogens is 328 g/mol. The molecule has 3 aromatic carbocycles. The van der Waals surface area contributed by atoms with Crippen molar-refractivity contribution in [3.63, 3.8) is 0 Å². The van der Waals surface area contributed by atoms with Gasteiger partial charge < -0.3 is 9.47 Å². The first kappa shape index (κ1) is 17.4. The third-order valence-electron chi connectivity index (χ3n) is 3.97. The molecule has 0 spiro atoms. The van der Waals surface area contributed by atoms with Gasteiger partial charge in [0.05, 0.1) is 7.11 Å². The number of hydrogen-bond acceptors (Lipinski definition) is 4. The summed E-state index contributed by atoms with van der Waals surface area (Å²) in [7, 11) is 1.59. The van der Waals surface area contributed by atoms with Gasteiger partial charge in [0.25, 0.3) is 0 Å². The van der Waals surface area contributed by atoms with Gasteiger partial charge in [0.1, 0.15) is 17.2 Å². The van der Waals surface area contributed by atoms with Crippen LogP contribution in [-0.2, 0) is 0 Å². The van der Waals surface area contributed by atoms with Gasteiger partial charge >= 0.3 is 0 Å². The molecule has 0 aliphatic heterocycles. The Morgan fingerprint density at radius 1 is 0.615 bits per heavy atom. The summed E-state index contributed by atoms with van der Waals surface area (Å²) >= 11 is 0. The van der Waals surface area contributed by atoms with E-state index in [4.69, 9.17) is 9.47 Å². The molecule has 0 radical (unpaired) electrons. The van der Waals surface area contributed by atoms with Crippen molar-refractivity contribution in [1.29, 1.82) is 0 Å². The summed E-state index contributed by atoms with van der Waals surface area (Å²) in [5.74, 6) is 1.90. The summed E-state index contributed by atoms with van der Waals surface area (Å²) in [4.78, 5) is 23.8. The van der Waals surface area contributed by atoms with Crippen molar-refractivity contribution in [2.45, 2.75) is 6.92 Å². The highest BCUT2D eigenvalue weighted by atomic mass is 16.5. The number of carbonyl (C=O) groups is 2. The van der Waals surface area contributed by atoms with Crippen LogP contribution in [0.1, 0.15) is 33.2 Å². The van der Waals surface area contributed by atoms with Crippen LogP contribution in [0.25, 0.3) is 0 Å². The zero-order valence-corrected chi connectivity index (χ0v) is 14.6. The lowest BCUT2D eigenvalue weighted by molar-refractivity contribution is 0.101. The van der Waals surface area contributed by atoms with Crippen molar-refractivity contribution in [3.05, 3.63) is 89.5 Å². The first-order valence-corrected chi connectivity index (χ1v) is 8.14. The van der Waals surface area contributed by atoms with Crippen LogP contribution in [0.4, 0.5) is 0 Å². The Morgan fingerprint density at radius 3 is 1.38 bits per heavy atom. The number of carbonyl (C=O) groups excluding carboxylic acids is 2. The Bertz CT molecular complexity index is 908. The second-order valence-electron chi connectivity index (χ2n) is 5.76. The van der Waals surface area contributed by atoms with Gasteiger partial charge in [0.15, 0.2) is 11.6 Å². The van der Waals surface area contributed by atoms with Crippen molar-refractivity contribution in [3.8, 4) is 17.2 Å². The summed E-state index contributed by atoms with van der Waals surface area (Å²) in [5.41, 5.74) is 1.81. The molecule has 0 unspecified atom stereocenters. The van der Waals surface area contributed by atoms with E-state index in [1.54, 1.807) is 79.9 Å². The Labute approximate surface area is 152 Å². The van der Waals surface area contributed by atoms with Crippen LogP contribution in [0, 0.1) is 0 Å². The first-order valence-electron chi connectivity index (χ1n) is 8.14. The van der Waals surface area contributed by atoms with Gasteiger partial charge in [0.2, 0.25) is 0 Å². The molecule has 3 aromatic rings. The number of hydrogen-bond donors (Lipinski definition) is 0. The second-order valence-corrected chi connectivity index (χ2v) is 5.76. The van der Waals surface area contributed by atoms with Crippen molar-refractivity contribution in [1.82, 2.24) is 0 Å². The molecule has 0 atom stereocenters. The highest BCUT2D eigenvalue weighted by Crippen LogP contribution is 2.23. The molecule has 0 amide bonds. The average molecular weight is 346 g/mol. The molecule has 0 bridgehead atoms. The fourth-order valence-corrected chi connectivity index (χ4v) is 2.48. The topological polar surface area (TPSA) is 52.6 Å². The number of rotatable bonds is 6. The quantitative estimate of drug-likeness (QED) is 0.594. The van der Waals surface area contributed by atoms with E-state index in [0.717, 1.165) is 0 Å². The monoisotopic (exact) mass is 346 g/mol. The lowest BCUT2D eigenvalue weighted by Gasteiger charge is -2.07. The predicted octanol–water partition coefficient (Wildman–Crippen LogP) is 4.92. The summed E-state index contributed by atoms with van der Waals surface area (Å²) in [6, 6.07) is 20.9. The van der Waals surface area contributed by atoms with Crippen LogP contribution in [0.15, 0.2) is 72.8 Å². The molecule has 0 fully saturated rings. The fourth-order valence-electron chi connectivity index (χ4n) is 2.48. The third-order valence-corrected chi connectivity index (χ3v) is 3.97. The summed E-state index contributed by atoms with van der Waals surface area (Å²) < 4.78 is 10.8. The number of methoxy groups -OCH3 is 1.